The highest BCUT2D eigenvalue weighted by atomic mass is 19.1. The number of carbonyl (C=O) groups is 1. The van der Waals surface area contributed by atoms with E-state index in [0.29, 0.717) is 17.9 Å². The molecule has 112 valence electrons. The van der Waals surface area contributed by atoms with Crippen LogP contribution in [0.15, 0.2) is 24.5 Å². The molecule has 1 heterocycles. The van der Waals surface area contributed by atoms with Gasteiger partial charge in [-0.2, -0.15) is 5.10 Å². The Balaban J connectivity index is 2.03. The molecule has 2 rings (SSSR count). The zero-order chi connectivity index (χ0) is 15.4. The summed E-state index contributed by atoms with van der Waals surface area (Å²) in [7, 11) is 0. The maximum Gasteiger partial charge on any atom is 0.225 e. The van der Waals surface area contributed by atoms with Gasteiger partial charge in [0.15, 0.2) is 0 Å². The number of aryl methyl sites for hydroxylation is 2. The lowest BCUT2D eigenvalue weighted by molar-refractivity contribution is -0.121. The minimum atomic E-state index is -0.331. The minimum absolute atomic E-state index is 0.147. The second kappa shape index (κ2) is 6.47. The fraction of sp³-hybridized carbons (Fsp3) is 0.400. The zero-order valence-corrected chi connectivity index (χ0v) is 12.4. The van der Waals surface area contributed by atoms with Crippen molar-refractivity contribution in [3.05, 3.63) is 47.3 Å². The van der Waals surface area contributed by atoms with Crippen LogP contribution in [0.1, 0.15) is 36.8 Å². The van der Waals surface area contributed by atoms with Gasteiger partial charge in [0, 0.05) is 6.54 Å². The van der Waals surface area contributed by atoms with E-state index in [9.17, 15) is 9.18 Å². The normalized spacial score (nSPS) is 12.2. The van der Waals surface area contributed by atoms with Crippen molar-refractivity contribution in [1.82, 2.24) is 20.1 Å². The lowest BCUT2D eigenvalue weighted by atomic mass is 10.1. The molecular formula is C15H19FN4O. The van der Waals surface area contributed by atoms with Gasteiger partial charge in [0.1, 0.15) is 18.0 Å². The second-order valence-electron chi connectivity index (χ2n) is 4.97. The molecule has 1 N–H and O–H groups in total. The van der Waals surface area contributed by atoms with Crippen molar-refractivity contribution in [3.8, 4) is 0 Å². The number of rotatable bonds is 5. The molecular weight excluding hydrogens is 271 g/mol. The standard InChI is InChI=1S/C15H19FN4O/c1-4-20-15(17-9-18-20)11(3)19-14(21)8-12-7-13(16)6-5-10(12)2/h5-7,9,11H,4,8H2,1-3H3,(H,19,21)/t11-/m1/s1. The van der Waals surface area contributed by atoms with Crippen molar-refractivity contribution in [2.45, 2.75) is 39.8 Å². The van der Waals surface area contributed by atoms with Gasteiger partial charge < -0.3 is 5.32 Å². The van der Waals surface area contributed by atoms with Crippen LogP contribution >= 0.6 is 0 Å². The van der Waals surface area contributed by atoms with Crippen molar-refractivity contribution in [1.29, 1.82) is 0 Å². The number of benzene rings is 1. The summed E-state index contributed by atoms with van der Waals surface area (Å²) in [5.74, 6) is 0.214. The number of halogens is 1. The number of nitrogens with zero attached hydrogens (tertiary/aromatic N) is 3. The van der Waals surface area contributed by atoms with Crippen molar-refractivity contribution >= 4 is 5.91 Å². The van der Waals surface area contributed by atoms with Gasteiger partial charge >= 0.3 is 0 Å². The van der Waals surface area contributed by atoms with Gasteiger partial charge in [-0.3, -0.25) is 4.79 Å². The lowest BCUT2D eigenvalue weighted by Gasteiger charge is -2.14. The molecule has 2 aromatic rings. The second-order valence-corrected chi connectivity index (χ2v) is 4.97. The first-order valence-electron chi connectivity index (χ1n) is 6.93. The number of carbonyl (C=O) groups excluding carboxylic acids is 1. The van der Waals surface area contributed by atoms with E-state index < -0.39 is 0 Å². The van der Waals surface area contributed by atoms with Crippen molar-refractivity contribution in [3.63, 3.8) is 0 Å². The summed E-state index contributed by atoms with van der Waals surface area (Å²) in [6.07, 6.45) is 1.62. The van der Waals surface area contributed by atoms with Crippen LogP contribution in [-0.2, 0) is 17.8 Å². The molecule has 1 atom stereocenters. The Labute approximate surface area is 123 Å². The van der Waals surface area contributed by atoms with Crippen LogP contribution in [-0.4, -0.2) is 20.7 Å². The molecule has 0 aliphatic carbocycles. The van der Waals surface area contributed by atoms with Crippen molar-refractivity contribution in [2.75, 3.05) is 0 Å². The third-order valence-electron chi connectivity index (χ3n) is 3.37. The number of amides is 1. The molecule has 21 heavy (non-hydrogen) atoms. The van der Waals surface area contributed by atoms with E-state index in [-0.39, 0.29) is 24.2 Å². The largest absolute Gasteiger partial charge is 0.346 e. The van der Waals surface area contributed by atoms with E-state index in [0.717, 1.165) is 5.56 Å². The van der Waals surface area contributed by atoms with Crippen molar-refractivity contribution < 1.29 is 9.18 Å². The first kappa shape index (κ1) is 15.2. The topological polar surface area (TPSA) is 59.8 Å². The average molecular weight is 290 g/mol. The molecule has 1 amide bonds. The van der Waals surface area contributed by atoms with E-state index in [4.69, 9.17) is 0 Å². The van der Waals surface area contributed by atoms with E-state index >= 15 is 0 Å². The highest BCUT2D eigenvalue weighted by Gasteiger charge is 2.15. The summed E-state index contributed by atoms with van der Waals surface area (Å²) in [5, 5.41) is 6.94. The van der Waals surface area contributed by atoms with Crippen molar-refractivity contribution in [2.24, 2.45) is 0 Å². The number of hydrogen-bond acceptors (Lipinski definition) is 3. The smallest absolute Gasteiger partial charge is 0.225 e. The highest BCUT2D eigenvalue weighted by molar-refractivity contribution is 5.79. The summed E-state index contributed by atoms with van der Waals surface area (Å²) < 4.78 is 15.0. The molecule has 1 aromatic carbocycles. The highest BCUT2D eigenvalue weighted by Crippen LogP contribution is 2.13. The first-order chi connectivity index (χ1) is 10.0. The molecule has 0 fully saturated rings. The van der Waals surface area contributed by atoms with Crippen LogP contribution in [0.2, 0.25) is 0 Å². The lowest BCUT2D eigenvalue weighted by Crippen LogP contribution is -2.30. The Morgan fingerprint density at radius 3 is 2.95 bits per heavy atom. The number of nitrogens with one attached hydrogen (secondary N) is 1. The molecule has 0 aliphatic heterocycles. The third-order valence-corrected chi connectivity index (χ3v) is 3.37. The molecule has 0 saturated carbocycles. The van der Waals surface area contributed by atoms with Gasteiger partial charge in [0.25, 0.3) is 0 Å². The fourth-order valence-corrected chi connectivity index (χ4v) is 2.21. The van der Waals surface area contributed by atoms with Crippen LogP contribution in [0.5, 0.6) is 0 Å². The van der Waals surface area contributed by atoms with Gasteiger partial charge in [-0.25, -0.2) is 14.1 Å². The number of hydrogen-bond donors (Lipinski definition) is 1. The molecule has 0 bridgehead atoms. The van der Waals surface area contributed by atoms with Gasteiger partial charge in [-0.15, -0.1) is 0 Å². The van der Waals surface area contributed by atoms with Crippen LogP contribution in [0.4, 0.5) is 4.39 Å². The summed E-state index contributed by atoms with van der Waals surface area (Å²) in [5.41, 5.74) is 1.59. The average Bonchev–Trinajstić information content (AvgIpc) is 2.91. The quantitative estimate of drug-likeness (QED) is 0.918. The molecule has 1 aromatic heterocycles. The monoisotopic (exact) mass is 290 g/mol. The zero-order valence-electron chi connectivity index (χ0n) is 12.4. The molecule has 0 saturated heterocycles. The maximum absolute atomic E-state index is 13.2. The fourth-order valence-electron chi connectivity index (χ4n) is 2.21. The first-order valence-corrected chi connectivity index (χ1v) is 6.93. The predicted octanol–water partition coefficient (Wildman–Crippen LogP) is 2.17. The molecule has 0 unspecified atom stereocenters. The van der Waals surface area contributed by atoms with Gasteiger partial charge in [0.05, 0.1) is 12.5 Å². The minimum Gasteiger partial charge on any atom is -0.346 e. The molecule has 5 nitrogen and oxygen atoms in total. The van der Waals surface area contributed by atoms with E-state index in [2.05, 4.69) is 15.4 Å². The Hall–Kier alpha value is -2.24. The Morgan fingerprint density at radius 1 is 1.48 bits per heavy atom. The van der Waals surface area contributed by atoms with Crippen LogP contribution in [0.25, 0.3) is 0 Å². The summed E-state index contributed by atoms with van der Waals surface area (Å²) in [4.78, 5) is 16.2. The summed E-state index contributed by atoms with van der Waals surface area (Å²) in [6.45, 7) is 6.37. The molecule has 6 heteroatoms. The van der Waals surface area contributed by atoms with Crippen LogP contribution in [0.3, 0.4) is 0 Å². The SMILES string of the molecule is CCn1ncnc1[C@@H](C)NC(=O)Cc1cc(F)ccc1C. The maximum atomic E-state index is 13.2. The van der Waals surface area contributed by atoms with E-state index in [1.165, 1.54) is 18.5 Å². The Morgan fingerprint density at radius 2 is 2.24 bits per heavy atom. The predicted molar refractivity (Wildman–Crippen MR) is 77.1 cm³/mol. The summed E-state index contributed by atoms with van der Waals surface area (Å²) in [6, 6.07) is 4.22. The van der Waals surface area contributed by atoms with Crippen LogP contribution in [0, 0.1) is 12.7 Å². The number of aromatic nitrogens is 3. The van der Waals surface area contributed by atoms with E-state index in [1.807, 2.05) is 20.8 Å². The molecule has 0 spiro atoms. The Kier molecular flexibility index (Phi) is 4.67. The molecule has 0 radical (unpaired) electrons. The van der Waals surface area contributed by atoms with Gasteiger partial charge in [0.2, 0.25) is 5.91 Å². The summed E-state index contributed by atoms with van der Waals surface area (Å²) >= 11 is 0. The third kappa shape index (κ3) is 3.65. The molecule has 0 aliphatic rings. The van der Waals surface area contributed by atoms with Gasteiger partial charge in [-0.05, 0) is 44.0 Å². The van der Waals surface area contributed by atoms with Gasteiger partial charge in [-0.1, -0.05) is 6.07 Å². The van der Waals surface area contributed by atoms with E-state index in [1.54, 1.807) is 10.7 Å². The van der Waals surface area contributed by atoms with Crippen LogP contribution < -0.4 is 5.32 Å². The Bertz CT molecular complexity index is 638.